The van der Waals surface area contributed by atoms with E-state index in [1.807, 2.05) is 0 Å². The number of carboxylic acids is 2. The zero-order valence-electron chi connectivity index (χ0n) is 29.7. The molecule has 0 atom stereocenters. The Morgan fingerprint density at radius 2 is 0.712 bits per heavy atom. The average Bonchev–Trinajstić information content (AvgIpc) is 2.88. The molecule has 0 aliphatic rings. The van der Waals surface area contributed by atoms with Gasteiger partial charge in [0.15, 0.2) is 0 Å². The van der Waals surface area contributed by atoms with Gasteiger partial charge in [-0.05, 0) is 64.7 Å². The molecule has 0 aromatic carbocycles. The summed E-state index contributed by atoms with van der Waals surface area (Å²) in [6.07, 6.45) is 11.8. The number of carbonyl (C=O) groups is 2. The van der Waals surface area contributed by atoms with E-state index < -0.39 is 32.3 Å². The molecular formula is C22H62N12O16Pt2. The molecule has 0 unspecified atom stereocenters. The summed E-state index contributed by atoms with van der Waals surface area (Å²) in [4.78, 5) is 52.2. The smallest absolute Gasteiger partial charge is 0.550 e. The first-order valence-corrected chi connectivity index (χ1v) is 13.9. The molecule has 326 valence electrons. The van der Waals surface area contributed by atoms with Gasteiger partial charge in [0.2, 0.25) is 0 Å². The van der Waals surface area contributed by atoms with E-state index in [0.29, 0.717) is 12.8 Å². The molecule has 0 aliphatic heterocycles. The van der Waals surface area contributed by atoms with Crippen LogP contribution in [0.15, 0.2) is 0 Å². The Labute approximate surface area is 331 Å². The van der Waals surface area contributed by atoms with Crippen molar-refractivity contribution in [3.8, 4) is 0 Å². The van der Waals surface area contributed by atoms with Gasteiger partial charge in [-0.3, -0.25) is 0 Å². The third-order valence-corrected chi connectivity index (χ3v) is 4.00. The molecule has 0 fully saturated rings. The first-order valence-electron chi connectivity index (χ1n) is 13.9. The van der Waals surface area contributed by atoms with Gasteiger partial charge in [-0.25, -0.2) is 0 Å². The predicted molar refractivity (Wildman–Crippen MR) is 179 cm³/mol. The van der Waals surface area contributed by atoms with Crippen molar-refractivity contribution in [1.29, 1.82) is 0 Å². The number of rotatable bonds is 19. The Kier molecular flexibility index (Phi) is 145. The van der Waals surface area contributed by atoms with Crippen LogP contribution >= 0.6 is 0 Å². The van der Waals surface area contributed by atoms with Gasteiger partial charge in [0.05, 0.1) is 10.2 Å². The van der Waals surface area contributed by atoms with Gasteiger partial charge in [0.1, 0.15) is 0 Å². The first-order chi connectivity index (χ1) is 21.4. The van der Waals surface area contributed by atoms with Gasteiger partial charge < -0.3 is 108 Å². The first kappa shape index (κ1) is 87.0. The normalized spacial score (nSPS) is 7.54. The van der Waals surface area contributed by atoms with Crippen LogP contribution in [-0.2, 0) is 51.7 Å². The van der Waals surface area contributed by atoms with Crippen LogP contribution in [0.25, 0.3) is 0 Å². The molecule has 20 N–H and O–H groups in total. The Bertz CT molecular complexity index is 620. The molecule has 30 heteroatoms. The minimum Gasteiger partial charge on any atom is -0.550 e. The predicted octanol–water partition coefficient (Wildman–Crippen LogP) is -0.254. The van der Waals surface area contributed by atoms with Gasteiger partial charge in [-0.2, -0.15) is 0 Å². The summed E-state index contributed by atoms with van der Waals surface area (Å²) in [7, 11) is 0. The van der Waals surface area contributed by atoms with Crippen LogP contribution < -0.4 is 56.9 Å². The molecule has 0 saturated heterocycles. The summed E-state index contributed by atoms with van der Waals surface area (Å²) in [6, 6.07) is 0. The van der Waals surface area contributed by atoms with E-state index >= 15 is 0 Å². The summed E-state index contributed by atoms with van der Waals surface area (Å²) >= 11 is 0. The van der Waals surface area contributed by atoms with Crippen molar-refractivity contribution in [1.82, 2.24) is 35.2 Å². The van der Waals surface area contributed by atoms with Crippen LogP contribution in [0.1, 0.15) is 90.9 Å². The van der Waals surface area contributed by atoms with E-state index in [1.165, 1.54) is 51.4 Å². The second-order valence-electron chi connectivity index (χ2n) is 8.07. The van der Waals surface area contributed by atoms with Crippen LogP contribution in [0.2, 0.25) is 0 Å². The van der Waals surface area contributed by atoms with Gasteiger partial charge in [0.25, 0.3) is 10.2 Å². The van der Waals surface area contributed by atoms with E-state index in [2.05, 4.69) is 10.6 Å². The van der Waals surface area contributed by atoms with Crippen molar-refractivity contribution in [2.75, 3.05) is 39.3 Å². The number of carboxylic acid groups (broad SMARTS) is 2. The molecule has 0 saturated carbocycles. The van der Waals surface area contributed by atoms with Crippen molar-refractivity contribution < 1.29 is 92.7 Å². The third-order valence-electron chi connectivity index (χ3n) is 4.00. The van der Waals surface area contributed by atoms with Crippen molar-refractivity contribution in [2.45, 2.75) is 90.9 Å². The van der Waals surface area contributed by atoms with Gasteiger partial charge in [0, 0.05) is 25.0 Å². The number of aliphatic carboxylic acids is 2. The fourth-order valence-corrected chi connectivity index (χ4v) is 2.33. The largest absolute Gasteiger partial charge is 2.00 e. The third kappa shape index (κ3) is 310. The molecule has 0 aromatic heterocycles. The quantitative estimate of drug-likeness (QED) is 0.0453. The van der Waals surface area contributed by atoms with Gasteiger partial charge in [-0.1, -0.05) is 52.4 Å². The van der Waals surface area contributed by atoms with Gasteiger partial charge in [-0.15, -0.1) is 20.2 Å². The number of hydrogen-bond acceptors (Lipinski definition) is 22. The molecule has 0 bridgehead atoms. The molecule has 0 rings (SSSR count). The van der Waals surface area contributed by atoms with Crippen molar-refractivity contribution in [3.63, 3.8) is 0 Å². The SMILES string of the molecule is CCCC(=O)[O-].CCCC(=O)[O-].N.N.N.N.NCCCCCCNCCNCCCCCCN.O=[N+]([O-])O.O=[N+]([O-])O.O=[N+]([O-])[O-].O=[N+]([O-])[O-].[Pt+2].[Pt+2]. The van der Waals surface area contributed by atoms with Crippen LogP contribution in [0, 0.1) is 50.9 Å². The number of hydrogen-bond donors (Lipinski definition) is 10. The number of nitrogens with two attached hydrogens (primary N) is 2. The van der Waals surface area contributed by atoms with Crippen molar-refractivity contribution >= 4 is 11.9 Å². The molecule has 0 heterocycles. The Morgan fingerprint density at radius 1 is 0.519 bits per heavy atom. The van der Waals surface area contributed by atoms with Crippen molar-refractivity contribution in [3.05, 3.63) is 50.9 Å². The van der Waals surface area contributed by atoms with Crippen LogP contribution in [-0.4, -0.2) is 82.0 Å². The molecule has 0 amide bonds. The topological polar surface area (TPSA) is 555 Å². The minimum atomic E-state index is -1.75. The van der Waals surface area contributed by atoms with Crippen LogP contribution in [0.3, 0.4) is 0 Å². The number of nitrogens with zero attached hydrogens (tertiary/aromatic N) is 4. The maximum absolute atomic E-state index is 9.49. The van der Waals surface area contributed by atoms with E-state index in [0.717, 1.165) is 39.3 Å². The minimum absolute atomic E-state index is 0. The standard InChI is InChI=1S/C14H34N4.2C4H8O2.2HNO3.2NO3.4H3N.2Pt/c15-9-5-1-3-7-11-17-13-14-18-12-8-4-2-6-10-16;2*1-2-3-4(5)6;4*2-1(3)4;;;;;;/h17-18H,1-16H2;2*2-3H2,1H3,(H,5,6);2*(H,2,3,4);;;4*1H3;;/q;;;;;2*-1;;;;;2*+2/p-2. The van der Waals surface area contributed by atoms with Crippen molar-refractivity contribution in [2.24, 2.45) is 11.5 Å². The molecule has 0 radical (unpaired) electrons. The van der Waals surface area contributed by atoms with Gasteiger partial charge >= 0.3 is 42.1 Å². The fraction of sp³-hybridized carbons (Fsp3) is 0.909. The Hall–Kier alpha value is -3.20. The molecule has 28 nitrogen and oxygen atoms in total. The molecule has 0 spiro atoms. The number of nitrogens with one attached hydrogen (secondary N) is 2. The molecule has 52 heavy (non-hydrogen) atoms. The zero-order valence-corrected chi connectivity index (χ0v) is 34.3. The maximum atomic E-state index is 9.49. The summed E-state index contributed by atoms with van der Waals surface area (Å²) in [6.45, 7) is 9.72. The summed E-state index contributed by atoms with van der Waals surface area (Å²) in [5.41, 5.74) is 10.9. The molecule has 0 aromatic rings. The number of carbonyl (C=O) groups excluding carboxylic acids is 2. The van der Waals surface area contributed by atoms with E-state index in [-0.39, 0.29) is 79.6 Å². The van der Waals surface area contributed by atoms with E-state index in [4.69, 9.17) is 72.8 Å². The Morgan fingerprint density at radius 3 is 0.846 bits per heavy atom. The number of unbranched alkanes of at least 4 members (excludes halogenated alkanes) is 6. The zero-order chi connectivity index (χ0) is 37.6. The van der Waals surface area contributed by atoms with Crippen LogP contribution in [0.5, 0.6) is 0 Å². The molecular weight excluding hydrogens is 1080 g/mol. The monoisotopic (exact) mass is 1140 g/mol. The maximum Gasteiger partial charge on any atom is 2.00 e. The van der Waals surface area contributed by atoms with E-state index in [9.17, 15) is 19.8 Å². The summed E-state index contributed by atoms with van der Waals surface area (Å²) in [5.74, 6) is -1.92. The second-order valence-corrected chi connectivity index (χ2v) is 8.07. The Balaban J connectivity index is -0.0000000343. The molecule has 0 aliphatic carbocycles. The average molecular weight is 1140 g/mol. The second kappa shape index (κ2) is 86.4. The fourth-order valence-electron chi connectivity index (χ4n) is 2.33. The summed E-state index contributed by atoms with van der Waals surface area (Å²) < 4.78 is 0. The summed E-state index contributed by atoms with van der Waals surface area (Å²) in [5, 5.41) is 82.7. The van der Waals surface area contributed by atoms with Crippen LogP contribution in [0.4, 0.5) is 0 Å². The van der Waals surface area contributed by atoms with E-state index in [1.54, 1.807) is 13.8 Å².